The number of hydrogen-bond donors (Lipinski definition) is 2. The molecule has 5 nitrogen and oxygen atoms in total. The van der Waals surface area contributed by atoms with Crippen LogP contribution >= 0.6 is 11.6 Å². The van der Waals surface area contributed by atoms with Gasteiger partial charge in [-0.15, -0.1) is 0 Å². The van der Waals surface area contributed by atoms with Crippen molar-refractivity contribution in [2.75, 3.05) is 5.73 Å². The van der Waals surface area contributed by atoms with Crippen LogP contribution in [0.1, 0.15) is 6.92 Å². The van der Waals surface area contributed by atoms with Crippen LogP contribution in [-0.4, -0.2) is 22.2 Å². The van der Waals surface area contributed by atoms with Crippen LogP contribution in [0.2, 0.25) is 5.02 Å². The van der Waals surface area contributed by atoms with Gasteiger partial charge in [0.1, 0.15) is 11.6 Å². The predicted molar refractivity (Wildman–Crippen MR) is 102 cm³/mol. The topological polar surface area (TPSA) is 85.4 Å². The molecule has 1 atom stereocenters. The van der Waals surface area contributed by atoms with Crippen molar-refractivity contribution in [1.29, 1.82) is 0 Å². The number of aromatic nitrogens is 1. The number of carbonyl (C=O) groups is 1. The minimum absolute atomic E-state index is 0.436. The molecule has 0 saturated heterocycles. The molecule has 0 radical (unpaired) electrons. The van der Waals surface area contributed by atoms with Crippen molar-refractivity contribution in [2.45, 2.75) is 13.0 Å². The number of hydrogen-bond acceptors (Lipinski definition) is 4. The van der Waals surface area contributed by atoms with Crippen LogP contribution in [0.25, 0.3) is 22.3 Å². The van der Waals surface area contributed by atoms with Gasteiger partial charge in [-0.05, 0) is 48.4 Å². The van der Waals surface area contributed by atoms with Gasteiger partial charge in [-0.3, -0.25) is 0 Å². The van der Waals surface area contributed by atoms with Crippen LogP contribution in [-0.2, 0) is 4.79 Å². The summed E-state index contributed by atoms with van der Waals surface area (Å²) in [5.74, 6) is -0.0827. The number of aliphatic carboxylic acids is 1. The fraction of sp³-hybridized carbons (Fsp3) is 0.100. The van der Waals surface area contributed by atoms with Crippen LogP contribution in [0.15, 0.2) is 60.8 Å². The van der Waals surface area contributed by atoms with E-state index in [2.05, 4.69) is 4.98 Å². The van der Waals surface area contributed by atoms with E-state index in [4.69, 9.17) is 27.2 Å². The molecule has 2 aromatic carbocycles. The molecule has 0 aliphatic carbocycles. The maximum absolute atomic E-state index is 10.9. The number of carboxylic acid groups (broad SMARTS) is 1. The summed E-state index contributed by atoms with van der Waals surface area (Å²) in [6, 6.07) is 16.5. The Morgan fingerprint density at radius 3 is 2.31 bits per heavy atom. The zero-order valence-electron chi connectivity index (χ0n) is 14.0. The van der Waals surface area contributed by atoms with E-state index >= 15 is 0 Å². The van der Waals surface area contributed by atoms with Crippen molar-refractivity contribution in [1.82, 2.24) is 4.98 Å². The number of anilines is 1. The fourth-order valence-electron chi connectivity index (χ4n) is 2.47. The van der Waals surface area contributed by atoms with Crippen molar-refractivity contribution < 1.29 is 14.6 Å². The van der Waals surface area contributed by atoms with Crippen molar-refractivity contribution >= 4 is 23.4 Å². The molecular formula is C20H17ClN2O3. The van der Waals surface area contributed by atoms with Crippen LogP contribution in [0.3, 0.4) is 0 Å². The number of carboxylic acids is 1. The largest absolute Gasteiger partial charge is 0.479 e. The lowest BCUT2D eigenvalue weighted by Crippen LogP contribution is -2.22. The quantitative estimate of drug-likeness (QED) is 0.692. The molecule has 0 aliphatic heterocycles. The minimum atomic E-state index is -1.01. The predicted octanol–water partition coefficient (Wildman–Crippen LogP) is 4.50. The highest BCUT2D eigenvalue weighted by atomic mass is 35.5. The van der Waals surface area contributed by atoms with Gasteiger partial charge in [0.05, 0.1) is 0 Å². The summed E-state index contributed by atoms with van der Waals surface area (Å²) in [7, 11) is 0. The average Bonchev–Trinajstić information content (AvgIpc) is 2.63. The Kier molecular flexibility index (Phi) is 5.09. The summed E-state index contributed by atoms with van der Waals surface area (Å²) in [6.07, 6.45) is 0.792. The summed E-state index contributed by atoms with van der Waals surface area (Å²) in [5, 5.41) is 9.56. The first kappa shape index (κ1) is 17.8. The Hall–Kier alpha value is -3.05. The van der Waals surface area contributed by atoms with Crippen LogP contribution < -0.4 is 10.5 Å². The van der Waals surface area contributed by atoms with E-state index in [9.17, 15) is 4.79 Å². The molecule has 1 heterocycles. The van der Waals surface area contributed by atoms with Gasteiger partial charge in [0.25, 0.3) is 0 Å². The second-order valence-electron chi connectivity index (χ2n) is 5.79. The van der Waals surface area contributed by atoms with Gasteiger partial charge in [-0.2, -0.15) is 0 Å². The molecule has 3 aromatic rings. The van der Waals surface area contributed by atoms with Gasteiger partial charge in [0.2, 0.25) is 0 Å². The van der Waals surface area contributed by atoms with E-state index in [0.29, 0.717) is 16.6 Å². The highest BCUT2D eigenvalue weighted by Crippen LogP contribution is 2.31. The maximum Gasteiger partial charge on any atom is 0.344 e. The molecule has 3 rings (SSSR count). The molecule has 3 N–H and O–H groups in total. The molecule has 0 fully saturated rings. The third kappa shape index (κ3) is 3.95. The first-order valence-electron chi connectivity index (χ1n) is 7.95. The molecule has 0 aliphatic rings. The molecule has 0 bridgehead atoms. The normalized spacial score (nSPS) is 11.8. The Morgan fingerprint density at radius 2 is 1.69 bits per heavy atom. The minimum Gasteiger partial charge on any atom is -0.479 e. The van der Waals surface area contributed by atoms with Crippen LogP contribution in [0.5, 0.6) is 5.75 Å². The summed E-state index contributed by atoms with van der Waals surface area (Å²) in [5.41, 5.74) is 9.58. The lowest BCUT2D eigenvalue weighted by atomic mass is 10.0. The number of benzene rings is 2. The first-order valence-corrected chi connectivity index (χ1v) is 8.33. The maximum atomic E-state index is 10.9. The van der Waals surface area contributed by atoms with Gasteiger partial charge in [0, 0.05) is 22.3 Å². The summed E-state index contributed by atoms with van der Waals surface area (Å²) < 4.78 is 5.34. The fourth-order valence-corrected chi connectivity index (χ4v) is 2.60. The molecule has 6 heteroatoms. The van der Waals surface area contributed by atoms with Crippen LogP contribution in [0, 0.1) is 0 Å². The van der Waals surface area contributed by atoms with Gasteiger partial charge < -0.3 is 15.6 Å². The van der Waals surface area contributed by atoms with Crippen molar-refractivity contribution in [3.8, 4) is 28.0 Å². The van der Waals surface area contributed by atoms with Gasteiger partial charge in [-0.1, -0.05) is 35.9 Å². The van der Waals surface area contributed by atoms with Crippen molar-refractivity contribution in [2.24, 2.45) is 0 Å². The molecule has 0 amide bonds. The molecule has 26 heavy (non-hydrogen) atoms. The average molecular weight is 369 g/mol. The Bertz CT molecular complexity index is 925. The zero-order chi connectivity index (χ0) is 18.7. The number of nitrogens with zero attached hydrogens (tertiary/aromatic N) is 1. The number of nitrogens with two attached hydrogens (primary N) is 1. The number of ether oxygens (including phenoxy) is 1. The monoisotopic (exact) mass is 368 g/mol. The molecule has 1 aromatic heterocycles. The zero-order valence-corrected chi connectivity index (χ0v) is 14.8. The SMILES string of the molecule is C[C@@H](Oc1ccc(-c2cnc(N)c(-c3ccc(Cl)cc3)c2)cc1)C(=O)O. The van der Waals surface area contributed by atoms with Gasteiger partial charge >= 0.3 is 5.97 Å². The van der Waals surface area contributed by atoms with E-state index in [-0.39, 0.29) is 0 Å². The van der Waals surface area contributed by atoms with E-state index in [1.54, 1.807) is 30.5 Å². The number of rotatable bonds is 5. The lowest BCUT2D eigenvalue weighted by Gasteiger charge is -2.12. The van der Waals surface area contributed by atoms with E-state index < -0.39 is 12.1 Å². The van der Waals surface area contributed by atoms with Crippen molar-refractivity contribution in [3.05, 3.63) is 65.8 Å². The number of pyridine rings is 1. The summed E-state index contributed by atoms with van der Waals surface area (Å²) in [6.45, 7) is 1.48. The highest BCUT2D eigenvalue weighted by molar-refractivity contribution is 6.30. The lowest BCUT2D eigenvalue weighted by molar-refractivity contribution is -0.144. The summed E-state index contributed by atoms with van der Waals surface area (Å²) in [4.78, 5) is 15.1. The van der Waals surface area contributed by atoms with Gasteiger partial charge in [0.15, 0.2) is 6.10 Å². The summed E-state index contributed by atoms with van der Waals surface area (Å²) >= 11 is 5.94. The Morgan fingerprint density at radius 1 is 1.08 bits per heavy atom. The highest BCUT2D eigenvalue weighted by Gasteiger charge is 2.12. The van der Waals surface area contributed by atoms with Crippen LogP contribution in [0.4, 0.5) is 5.82 Å². The number of halogens is 1. The third-order valence-electron chi connectivity index (χ3n) is 3.92. The third-order valence-corrected chi connectivity index (χ3v) is 4.17. The first-order chi connectivity index (χ1) is 12.4. The second-order valence-corrected chi connectivity index (χ2v) is 6.22. The van der Waals surface area contributed by atoms with Crippen molar-refractivity contribution in [3.63, 3.8) is 0 Å². The standard InChI is InChI=1S/C20H17ClN2O3/c1-12(20(24)25)26-17-8-4-13(5-9-17)15-10-18(19(22)23-11-15)14-2-6-16(21)7-3-14/h2-12H,1H3,(H2,22,23)(H,24,25)/t12-/m1/s1. The van der Waals surface area contributed by atoms with Gasteiger partial charge in [-0.25, -0.2) is 9.78 Å². The molecule has 0 unspecified atom stereocenters. The second kappa shape index (κ2) is 7.45. The molecule has 132 valence electrons. The van der Waals surface area contributed by atoms with E-state index in [1.165, 1.54) is 6.92 Å². The van der Waals surface area contributed by atoms with E-state index in [1.807, 2.05) is 30.3 Å². The molecular weight excluding hydrogens is 352 g/mol. The Labute approximate surface area is 156 Å². The van der Waals surface area contributed by atoms with E-state index in [0.717, 1.165) is 22.3 Å². The molecule has 0 spiro atoms. The smallest absolute Gasteiger partial charge is 0.344 e. The molecule has 0 saturated carbocycles. The number of nitrogen functional groups attached to an aromatic ring is 1. The Balaban J connectivity index is 1.89.